The van der Waals surface area contributed by atoms with Crippen LogP contribution in [0.25, 0.3) is 10.9 Å². The van der Waals surface area contributed by atoms with Crippen LogP contribution in [0.15, 0.2) is 57.7 Å². The van der Waals surface area contributed by atoms with Crippen LogP contribution in [0.5, 0.6) is 17.2 Å². The zero-order valence-corrected chi connectivity index (χ0v) is 21.6. The van der Waals surface area contributed by atoms with Gasteiger partial charge in [0.05, 0.1) is 26.7 Å². The molecule has 1 unspecified atom stereocenters. The number of aromatic hydroxyl groups is 1. The Balaban J connectivity index is 1.51. The number of aromatic nitrogens is 1. The third kappa shape index (κ3) is 4.72. The minimum Gasteiger partial charge on any atom is -0.502 e. The summed E-state index contributed by atoms with van der Waals surface area (Å²) in [7, 11) is 4.53. The van der Waals surface area contributed by atoms with E-state index < -0.39 is 17.1 Å². The quantitative estimate of drug-likeness (QED) is 0.361. The highest BCUT2D eigenvalue weighted by molar-refractivity contribution is 5.86. The number of methoxy groups -OCH3 is 3. The van der Waals surface area contributed by atoms with Crippen molar-refractivity contribution in [2.75, 3.05) is 27.9 Å². The van der Waals surface area contributed by atoms with Crippen LogP contribution in [0.3, 0.4) is 0 Å². The Morgan fingerprint density at radius 3 is 2.66 bits per heavy atom. The van der Waals surface area contributed by atoms with Crippen molar-refractivity contribution >= 4 is 16.8 Å². The van der Waals surface area contributed by atoms with Gasteiger partial charge in [0.25, 0.3) is 0 Å². The summed E-state index contributed by atoms with van der Waals surface area (Å²) < 4.78 is 21.9. The smallest absolute Gasteiger partial charge is 0.227 e. The molecule has 0 aliphatic carbocycles. The average molecular weight is 519 g/mol. The molecule has 38 heavy (non-hydrogen) atoms. The zero-order valence-electron chi connectivity index (χ0n) is 21.6. The van der Waals surface area contributed by atoms with E-state index in [1.807, 2.05) is 18.2 Å². The number of amides is 1. The Hall–Kier alpha value is -4.24. The standard InChI is InChI=1S/C29H30N2O7/c1-35-16-18-13-24(32)28(34)29(38-18)21(17-8-9-25(36-2)26(12-17)37-3)14-27(33)31-11-10-20-19-6-4-5-7-22(19)30-23(20)15-31/h4-9,12-13,21,30,34H,10-11,14-16H2,1-3H3. The highest BCUT2D eigenvalue weighted by Gasteiger charge is 2.31. The fourth-order valence-corrected chi connectivity index (χ4v) is 5.15. The van der Waals surface area contributed by atoms with Gasteiger partial charge in [-0.15, -0.1) is 0 Å². The summed E-state index contributed by atoms with van der Waals surface area (Å²) in [5, 5.41) is 11.9. The van der Waals surface area contributed by atoms with Gasteiger partial charge < -0.3 is 33.6 Å². The first-order chi connectivity index (χ1) is 18.4. The molecule has 4 aromatic rings. The highest BCUT2D eigenvalue weighted by atomic mass is 16.5. The fraction of sp³-hybridized carbons (Fsp3) is 0.310. The Kier molecular flexibility index (Phi) is 7.11. The van der Waals surface area contributed by atoms with Crippen molar-refractivity contribution in [3.8, 4) is 17.2 Å². The predicted molar refractivity (Wildman–Crippen MR) is 141 cm³/mol. The van der Waals surface area contributed by atoms with Gasteiger partial charge in [-0.1, -0.05) is 24.3 Å². The summed E-state index contributed by atoms with van der Waals surface area (Å²) in [5.74, 6) is -0.184. The van der Waals surface area contributed by atoms with Crippen LogP contribution in [0.4, 0.5) is 0 Å². The van der Waals surface area contributed by atoms with Gasteiger partial charge in [0.1, 0.15) is 12.4 Å². The van der Waals surface area contributed by atoms with E-state index in [1.54, 1.807) is 23.1 Å². The second-order valence-corrected chi connectivity index (χ2v) is 9.29. The third-order valence-corrected chi connectivity index (χ3v) is 7.03. The molecular weight excluding hydrogens is 488 g/mol. The maximum Gasteiger partial charge on any atom is 0.227 e. The molecule has 2 aromatic carbocycles. The predicted octanol–water partition coefficient (Wildman–Crippen LogP) is 4.10. The van der Waals surface area contributed by atoms with Gasteiger partial charge in [0.15, 0.2) is 17.3 Å². The van der Waals surface area contributed by atoms with E-state index in [-0.39, 0.29) is 30.5 Å². The fourth-order valence-electron chi connectivity index (χ4n) is 5.15. The summed E-state index contributed by atoms with van der Waals surface area (Å²) in [6.45, 7) is 1.05. The number of hydrogen-bond acceptors (Lipinski definition) is 7. The van der Waals surface area contributed by atoms with Gasteiger partial charge in [-0.25, -0.2) is 0 Å². The van der Waals surface area contributed by atoms with E-state index >= 15 is 0 Å². The van der Waals surface area contributed by atoms with Crippen LogP contribution in [-0.4, -0.2) is 48.8 Å². The molecule has 1 aliphatic heterocycles. The summed E-state index contributed by atoms with van der Waals surface area (Å²) in [6.07, 6.45) is 0.702. The molecule has 0 fully saturated rings. The number of carbonyl (C=O) groups is 1. The van der Waals surface area contributed by atoms with Crippen molar-refractivity contribution in [2.45, 2.75) is 31.9 Å². The van der Waals surface area contributed by atoms with Gasteiger partial charge in [0.2, 0.25) is 17.1 Å². The molecule has 2 aromatic heterocycles. The summed E-state index contributed by atoms with van der Waals surface area (Å²) in [6, 6.07) is 14.5. The molecule has 9 nitrogen and oxygen atoms in total. The topological polar surface area (TPSA) is 114 Å². The number of benzene rings is 2. The number of hydrogen-bond donors (Lipinski definition) is 2. The van der Waals surface area contributed by atoms with Crippen molar-refractivity contribution in [3.05, 3.63) is 87.1 Å². The minimum atomic E-state index is -0.754. The lowest BCUT2D eigenvalue weighted by Crippen LogP contribution is -2.36. The Labute approximate surface area is 219 Å². The lowest BCUT2D eigenvalue weighted by Gasteiger charge is -2.29. The number of rotatable bonds is 8. The van der Waals surface area contributed by atoms with Crippen LogP contribution < -0.4 is 14.9 Å². The third-order valence-electron chi connectivity index (χ3n) is 7.03. The van der Waals surface area contributed by atoms with E-state index in [0.717, 1.165) is 17.6 Å². The first kappa shape index (κ1) is 25.4. The summed E-state index contributed by atoms with van der Waals surface area (Å²) in [4.78, 5) is 31.5. The number of nitrogens with one attached hydrogen (secondary N) is 1. The molecule has 198 valence electrons. The van der Waals surface area contributed by atoms with E-state index in [4.69, 9.17) is 18.6 Å². The molecule has 3 heterocycles. The van der Waals surface area contributed by atoms with Gasteiger partial charge in [-0.05, 0) is 35.7 Å². The molecule has 0 bridgehead atoms. The van der Waals surface area contributed by atoms with Crippen molar-refractivity contribution in [1.29, 1.82) is 0 Å². The number of ether oxygens (including phenoxy) is 3. The van der Waals surface area contributed by atoms with E-state index in [9.17, 15) is 14.7 Å². The van der Waals surface area contributed by atoms with Crippen LogP contribution >= 0.6 is 0 Å². The van der Waals surface area contributed by atoms with Crippen LogP contribution in [0, 0.1) is 0 Å². The van der Waals surface area contributed by atoms with Crippen molar-refractivity contribution in [3.63, 3.8) is 0 Å². The van der Waals surface area contributed by atoms with Gasteiger partial charge in [-0.2, -0.15) is 0 Å². The number of nitrogens with zero attached hydrogens (tertiary/aromatic N) is 1. The lowest BCUT2D eigenvalue weighted by molar-refractivity contribution is -0.132. The second-order valence-electron chi connectivity index (χ2n) is 9.29. The molecule has 0 saturated heterocycles. The van der Waals surface area contributed by atoms with Crippen LogP contribution in [0.1, 0.15) is 40.7 Å². The Bertz CT molecular complexity index is 1540. The first-order valence-corrected chi connectivity index (χ1v) is 12.4. The van der Waals surface area contributed by atoms with E-state index in [2.05, 4.69) is 11.1 Å². The molecule has 5 rings (SSSR count). The van der Waals surface area contributed by atoms with Crippen LogP contribution in [0.2, 0.25) is 0 Å². The molecule has 0 saturated carbocycles. The lowest BCUT2D eigenvalue weighted by atomic mass is 9.90. The minimum absolute atomic E-state index is 0.00781. The largest absolute Gasteiger partial charge is 0.502 e. The van der Waals surface area contributed by atoms with Gasteiger partial charge in [0, 0.05) is 42.7 Å². The number of aromatic amines is 1. The molecule has 9 heteroatoms. The summed E-state index contributed by atoms with van der Waals surface area (Å²) >= 11 is 0. The van der Waals surface area contributed by atoms with E-state index in [1.165, 1.54) is 38.3 Å². The van der Waals surface area contributed by atoms with Crippen molar-refractivity contribution in [2.24, 2.45) is 0 Å². The molecule has 0 spiro atoms. The number of carbonyl (C=O) groups excluding carboxylic acids is 1. The molecule has 0 radical (unpaired) electrons. The number of para-hydroxylation sites is 1. The molecule has 2 N–H and O–H groups in total. The maximum atomic E-state index is 13.7. The van der Waals surface area contributed by atoms with Gasteiger partial charge in [-0.3, -0.25) is 9.59 Å². The van der Waals surface area contributed by atoms with Crippen LogP contribution in [-0.2, 0) is 29.1 Å². The Morgan fingerprint density at radius 1 is 1.11 bits per heavy atom. The van der Waals surface area contributed by atoms with Crippen molar-refractivity contribution < 1.29 is 28.5 Å². The maximum absolute atomic E-state index is 13.7. The Morgan fingerprint density at radius 2 is 1.89 bits per heavy atom. The molecule has 1 amide bonds. The van der Waals surface area contributed by atoms with Crippen molar-refractivity contribution in [1.82, 2.24) is 9.88 Å². The summed E-state index contributed by atoms with van der Waals surface area (Å²) in [5.41, 5.74) is 3.34. The van der Waals surface area contributed by atoms with E-state index in [0.29, 0.717) is 30.2 Å². The number of H-pyrrole nitrogens is 1. The molecular formula is C29H30N2O7. The zero-order chi connectivity index (χ0) is 26.8. The molecule has 1 aliphatic rings. The first-order valence-electron chi connectivity index (χ1n) is 12.4. The van der Waals surface area contributed by atoms with Gasteiger partial charge >= 0.3 is 0 Å². The average Bonchev–Trinajstić information content (AvgIpc) is 3.31. The normalized spacial score (nSPS) is 13.8. The second kappa shape index (κ2) is 10.6. The SMILES string of the molecule is COCc1cc(=O)c(O)c(C(CC(=O)N2CCc3c([nH]c4ccccc34)C2)c2ccc(OC)c(OC)c2)o1. The number of fused-ring (bicyclic) bond motifs is 3. The monoisotopic (exact) mass is 518 g/mol. The molecule has 1 atom stereocenters. The highest BCUT2D eigenvalue weighted by Crippen LogP contribution is 2.38.